The van der Waals surface area contributed by atoms with Crippen LogP contribution in [0.3, 0.4) is 0 Å². The number of phenolic OH excluding ortho intramolecular Hbond substituents is 1. The fourth-order valence-corrected chi connectivity index (χ4v) is 1.22. The van der Waals surface area contributed by atoms with Crippen LogP contribution in [0.4, 0.5) is 0 Å². The minimum Gasteiger partial charge on any atom is -0.508 e. The lowest BCUT2D eigenvalue weighted by atomic mass is 10.2. The van der Waals surface area contributed by atoms with Gasteiger partial charge < -0.3 is 9.84 Å². The second kappa shape index (κ2) is 3.59. The maximum absolute atomic E-state index is 9.15. The van der Waals surface area contributed by atoms with Gasteiger partial charge in [0, 0.05) is 6.07 Å². The Hall–Kier alpha value is -1.69. The van der Waals surface area contributed by atoms with E-state index >= 15 is 0 Å². The van der Waals surface area contributed by atoms with Crippen molar-refractivity contribution in [3.63, 3.8) is 0 Å². The predicted octanol–water partition coefficient (Wildman–Crippen LogP) is 2.05. The van der Waals surface area contributed by atoms with Gasteiger partial charge in [-0.3, -0.25) is 0 Å². The van der Waals surface area contributed by atoms with Gasteiger partial charge in [-0.1, -0.05) is 0 Å². The predicted molar refractivity (Wildman–Crippen MR) is 51.0 cm³/mol. The van der Waals surface area contributed by atoms with Crippen LogP contribution in [-0.4, -0.2) is 11.7 Å². The van der Waals surface area contributed by atoms with E-state index in [1.165, 1.54) is 25.0 Å². The molecule has 1 aromatic carbocycles. The first-order valence-corrected chi connectivity index (χ1v) is 4.65. The number of phenols is 1. The molecule has 0 spiro atoms. The maximum Gasteiger partial charge on any atom is 0.137 e. The second-order valence-corrected chi connectivity index (χ2v) is 3.55. The highest BCUT2D eigenvalue weighted by Gasteiger charge is 2.22. The van der Waals surface area contributed by atoms with Crippen LogP contribution in [-0.2, 0) is 0 Å². The Balaban J connectivity index is 2.10. The van der Waals surface area contributed by atoms with E-state index in [1.54, 1.807) is 6.07 Å². The smallest absolute Gasteiger partial charge is 0.137 e. The molecule has 1 aromatic rings. The number of ether oxygens (including phenoxy) is 1. The summed E-state index contributed by atoms with van der Waals surface area (Å²) in [6.45, 7) is 0.680. The fourth-order valence-electron chi connectivity index (χ4n) is 1.22. The minimum atomic E-state index is 0.0975. The first kappa shape index (κ1) is 8.89. The molecule has 1 fully saturated rings. The zero-order valence-electron chi connectivity index (χ0n) is 7.73. The molecule has 0 unspecified atom stereocenters. The Morgan fingerprint density at radius 2 is 2.29 bits per heavy atom. The third kappa shape index (κ3) is 1.97. The van der Waals surface area contributed by atoms with Crippen molar-refractivity contribution in [1.82, 2.24) is 0 Å². The third-order valence-electron chi connectivity index (χ3n) is 2.26. The van der Waals surface area contributed by atoms with E-state index in [0.29, 0.717) is 23.8 Å². The van der Waals surface area contributed by atoms with Gasteiger partial charge in [-0.05, 0) is 30.9 Å². The molecule has 3 nitrogen and oxygen atoms in total. The Bertz CT molecular complexity index is 377. The first-order valence-electron chi connectivity index (χ1n) is 4.65. The van der Waals surface area contributed by atoms with E-state index < -0.39 is 0 Å². The molecule has 3 heteroatoms. The van der Waals surface area contributed by atoms with Gasteiger partial charge >= 0.3 is 0 Å². The standard InChI is InChI=1S/C11H11NO2/c12-6-9-5-10(13)3-4-11(9)14-7-8-1-2-8/h3-5,8,13H,1-2,7H2. The fraction of sp³-hybridized carbons (Fsp3) is 0.364. The Morgan fingerprint density at radius 1 is 1.50 bits per heavy atom. The van der Waals surface area contributed by atoms with Gasteiger partial charge in [0.1, 0.15) is 17.6 Å². The van der Waals surface area contributed by atoms with Crippen molar-refractivity contribution in [2.75, 3.05) is 6.61 Å². The average molecular weight is 189 g/mol. The van der Waals surface area contributed by atoms with E-state index in [1.807, 2.05) is 6.07 Å². The van der Waals surface area contributed by atoms with E-state index in [-0.39, 0.29) is 5.75 Å². The molecule has 72 valence electrons. The number of rotatable bonds is 3. The van der Waals surface area contributed by atoms with Crippen molar-refractivity contribution in [3.05, 3.63) is 23.8 Å². The van der Waals surface area contributed by atoms with E-state index in [4.69, 9.17) is 15.1 Å². The monoisotopic (exact) mass is 189 g/mol. The van der Waals surface area contributed by atoms with Crippen molar-refractivity contribution in [2.24, 2.45) is 5.92 Å². The third-order valence-corrected chi connectivity index (χ3v) is 2.26. The molecule has 0 radical (unpaired) electrons. The normalized spacial score (nSPS) is 14.8. The van der Waals surface area contributed by atoms with Crippen LogP contribution in [0.25, 0.3) is 0 Å². The molecule has 1 N–H and O–H groups in total. The summed E-state index contributed by atoms with van der Waals surface area (Å²) >= 11 is 0. The quantitative estimate of drug-likeness (QED) is 0.791. The van der Waals surface area contributed by atoms with Gasteiger partial charge in [-0.2, -0.15) is 5.26 Å². The largest absolute Gasteiger partial charge is 0.508 e. The van der Waals surface area contributed by atoms with Crippen molar-refractivity contribution >= 4 is 0 Å². The van der Waals surface area contributed by atoms with Crippen LogP contribution in [0.1, 0.15) is 18.4 Å². The van der Waals surface area contributed by atoms with Crippen LogP contribution in [0.15, 0.2) is 18.2 Å². The van der Waals surface area contributed by atoms with Gasteiger partial charge in [0.25, 0.3) is 0 Å². The number of benzene rings is 1. The van der Waals surface area contributed by atoms with Crippen LogP contribution in [0.5, 0.6) is 11.5 Å². The van der Waals surface area contributed by atoms with Gasteiger partial charge in [0.2, 0.25) is 0 Å². The SMILES string of the molecule is N#Cc1cc(O)ccc1OCC1CC1. The van der Waals surface area contributed by atoms with Crippen molar-refractivity contribution < 1.29 is 9.84 Å². The molecule has 1 aliphatic rings. The summed E-state index contributed by atoms with van der Waals surface area (Å²) < 4.78 is 5.47. The van der Waals surface area contributed by atoms with E-state index in [2.05, 4.69) is 0 Å². The summed E-state index contributed by atoms with van der Waals surface area (Å²) in [4.78, 5) is 0. The van der Waals surface area contributed by atoms with Crippen LogP contribution in [0.2, 0.25) is 0 Å². The number of hydrogen-bond acceptors (Lipinski definition) is 3. The molecular formula is C11H11NO2. The molecule has 1 saturated carbocycles. The summed E-state index contributed by atoms with van der Waals surface area (Å²) in [5.41, 5.74) is 0.394. The van der Waals surface area contributed by atoms with Crippen molar-refractivity contribution in [2.45, 2.75) is 12.8 Å². The Morgan fingerprint density at radius 3 is 2.93 bits per heavy atom. The minimum absolute atomic E-state index is 0.0975. The number of nitrogens with zero attached hydrogens (tertiary/aromatic N) is 1. The highest BCUT2D eigenvalue weighted by Crippen LogP contribution is 2.30. The molecule has 1 aliphatic carbocycles. The van der Waals surface area contributed by atoms with Gasteiger partial charge in [0.15, 0.2) is 0 Å². The van der Waals surface area contributed by atoms with E-state index in [0.717, 1.165) is 0 Å². The summed E-state index contributed by atoms with van der Waals surface area (Å²) in [5.74, 6) is 1.33. The molecule has 0 atom stereocenters. The van der Waals surface area contributed by atoms with Crippen molar-refractivity contribution in [3.8, 4) is 17.6 Å². The lowest BCUT2D eigenvalue weighted by Crippen LogP contribution is -2.00. The van der Waals surface area contributed by atoms with Crippen molar-refractivity contribution in [1.29, 1.82) is 5.26 Å². The molecule has 14 heavy (non-hydrogen) atoms. The molecule has 0 amide bonds. The number of nitriles is 1. The maximum atomic E-state index is 9.15. The summed E-state index contributed by atoms with van der Waals surface area (Å²) in [7, 11) is 0. The van der Waals surface area contributed by atoms with Gasteiger partial charge in [-0.15, -0.1) is 0 Å². The lowest BCUT2D eigenvalue weighted by Gasteiger charge is -2.06. The lowest BCUT2D eigenvalue weighted by molar-refractivity contribution is 0.298. The summed E-state index contributed by atoms with van der Waals surface area (Å²) in [5, 5.41) is 17.9. The molecular weight excluding hydrogens is 178 g/mol. The number of aromatic hydroxyl groups is 1. The molecule has 0 bridgehead atoms. The van der Waals surface area contributed by atoms with Crippen LogP contribution < -0.4 is 4.74 Å². The molecule has 2 rings (SSSR count). The highest BCUT2D eigenvalue weighted by atomic mass is 16.5. The topological polar surface area (TPSA) is 53.2 Å². The van der Waals surface area contributed by atoms with Crippen LogP contribution >= 0.6 is 0 Å². The Labute approximate surface area is 82.6 Å². The molecule has 0 aliphatic heterocycles. The highest BCUT2D eigenvalue weighted by molar-refractivity contribution is 5.47. The van der Waals surface area contributed by atoms with E-state index in [9.17, 15) is 0 Å². The number of hydrogen-bond donors (Lipinski definition) is 1. The summed E-state index contributed by atoms with van der Waals surface area (Å²) in [6, 6.07) is 6.58. The van der Waals surface area contributed by atoms with Crippen LogP contribution in [0, 0.1) is 17.2 Å². The second-order valence-electron chi connectivity index (χ2n) is 3.55. The molecule has 0 aromatic heterocycles. The summed E-state index contributed by atoms with van der Waals surface area (Å²) in [6.07, 6.45) is 2.44. The molecule has 0 heterocycles. The molecule has 0 saturated heterocycles. The first-order chi connectivity index (χ1) is 6.79. The van der Waals surface area contributed by atoms with Gasteiger partial charge in [-0.25, -0.2) is 0 Å². The van der Waals surface area contributed by atoms with Gasteiger partial charge in [0.05, 0.1) is 12.2 Å². The zero-order chi connectivity index (χ0) is 9.97. The zero-order valence-corrected chi connectivity index (χ0v) is 7.73. The Kier molecular flexibility index (Phi) is 2.28. The average Bonchev–Trinajstić information content (AvgIpc) is 2.99.